The van der Waals surface area contributed by atoms with E-state index in [4.69, 9.17) is 0 Å². The van der Waals surface area contributed by atoms with E-state index in [1.54, 1.807) is 24.3 Å². The Balaban J connectivity index is 2.68. The number of amides is 1. The van der Waals surface area contributed by atoms with Gasteiger partial charge in [0, 0.05) is 18.4 Å². The lowest BCUT2D eigenvalue weighted by atomic mass is 10.1. The van der Waals surface area contributed by atoms with Crippen molar-refractivity contribution in [3.05, 3.63) is 35.4 Å². The summed E-state index contributed by atoms with van der Waals surface area (Å²) >= 11 is 0. The van der Waals surface area contributed by atoms with E-state index in [0.29, 0.717) is 23.6 Å². The first-order chi connectivity index (χ1) is 8.78. The van der Waals surface area contributed by atoms with Crippen molar-refractivity contribution in [3.63, 3.8) is 0 Å². The molecule has 19 heavy (non-hydrogen) atoms. The maximum atomic E-state index is 11.9. The number of rotatable bonds is 6. The van der Waals surface area contributed by atoms with E-state index in [2.05, 4.69) is 19.2 Å². The highest BCUT2D eigenvalue weighted by atomic mass is 32.2. The number of hydrogen-bond donors (Lipinski definition) is 1. The molecule has 0 aliphatic rings. The van der Waals surface area contributed by atoms with Gasteiger partial charge in [-0.2, -0.15) is 0 Å². The molecular weight excluding hydrogens is 262 g/mol. The fourth-order valence-corrected chi connectivity index (χ4v) is 2.47. The third-order valence-electron chi connectivity index (χ3n) is 2.63. The number of sulfone groups is 1. The van der Waals surface area contributed by atoms with Gasteiger partial charge in [-0.05, 0) is 30.0 Å². The standard InChI is InChI=1S/C14H21NO3S/c1-11(2)7-8-15-14(16)13-6-4-5-12(9-13)10-19(3,17)18/h4-6,9,11H,7-8,10H2,1-3H3,(H,15,16). The Hall–Kier alpha value is -1.36. The van der Waals surface area contributed by atoms with Gasteiger partial charge in [0.25, 0.3) is 5.91 Å². The molecule has 0 radical (unpaired) electrons. The van der Waals surface area contributed by atoms with Gasteiger partial charge in [0.15, 0.2) is 9.84 Å². The molecule has 1 aromatic rings. The van der Waals surface area contributed by atoms with E-state index in [1.807, 2.05) is 0 Å². The van der Waals surface area contributed by atoms with Crippen LogP contribution in [0.4, 0.5) is 0 Å². The summed E-state index contributed by atoms with van der Waals surface area (Å²) in [5.41, 5.74) is 1.14. The molecular formula is C14H21NO3S. The molecule has 0 unspecified atom stereocenters. The van der Waals surface area contributed by atoms with Gasteiger partial charge in [-0.1, -0.05) is 26.0 Å². The molecule has 1 rings (SSSR count). The lowest BCUT2D eigenvalue weighted by Gasteiger charge is -2.08. The van der Waals surface area contributed by atoms with Gasteiger partial charge in [0.05, 0.1) is 5.75 Å². The minimum Gasteiger partial charge on any atom is -0.352 e. The van der Waals surface area contributed by atoms with Gasteiger partial charge in [-0.3, -0.25) is 4.79 Å². The summed E-state index contributed by atoms with van der Waals surface area (Å²) in [6.45, 7) is 4.82. The van der Waals surface area contributed by atoms with Crippen LogP contribution in [0.1, 0.15) is 36.2 Å². The lowest BCUT2D eigenvalue weighted by Crippen LogP contribution is -2.25. The molecule has 5 heteroatoms. The smallest absolute Gasteiger partial charge is 0.251 e. The first-order valence-corrected chi connectivity index (χ1v) is 8.39. The SMILES string of the molecule is CC(C)CCNC(=O)c1cccc(CS(C)(=O)=O)c1. The minimum absolute atomic E-state index is 0.0416. The van der Waals surface area contributed by atoms with Crippen LogP contribution in [-0.4, -0.2) is 27.1 Å². The number of carbonyl (C=O) groups excluding carboxylic acids is 1. The summed E-state index contributed by atoms with van der Waals surface area (Å²) in [6, 6.07) is 6.74. The van der Waals surface area contributed by atoms with Crippen LogP contribution in [0, 0.1) is 5.92 Å². The Labute approximate surface area is 115 Å². The summed E-state index contributed by atoms with van der Waals surface area (Å²) < 4.78 is 22.5. The fourth-order valence-electron chi connectivity index (χ4n) is 1.68. The zero-order valence-corrected chi connectivity index (χ0v) is 12.5. The zero-order valence-electron chi connectivity index (χ0n) is 11.6. The first kappa shape index (κ1) is 15.7. The second-order valence-electron chi connectivity index (χ2n) is 5.21. The second kappa shape index (κ2) is 6.70. The predicted octanol–water partition coefficient (Wildman–Crippen LogP) is 2.01. The number of nitrogens with one attached hydrogen (secondary N) is 1. The second-order valence-corrected chi connectivity index (χ2v) is 7.35. The molecule has 1 aromatic carbocycles. The summed E-state index contributed by atoms with van der Waals surface area (Å²) in [5.74, 6) is 0.341. The predicted molar refractivity (Wildman–Crippen MR) is 76.8 cm³/mol. The van der Waals surface area contributed by atoms with Crippen molar-refractivity contribution in [1.29, 1.82) is 0 Å². The Kier molecular flexibility index (Phi) is 5.54. The van der Waals surface area contributed by atoms with E-state index in [9.17, 15) is 13.2 Å². The van der Waals surface area contributed by atoms with Crippen LogP contribution in [0.3, 0.4) is 0 Å². The third kappa shape index (κ3) is 6.38. The van der Waals surface area contributed by atoms with Crippen LogP contribution in [0.5, 0.6) is 0 Å². The molecule has 0 aliphatic heterocycles. The highest BCUT2D eigenvalue weighted by Crippen LogP contribution is 2.09. The Morgan fingerprint density at radius 3 is 2.58 bits per heavy atom. The summed E-state index contributed by atoms with van der Waals surface area (Å²) in [5, 5.41) is 2.83. The lowest BCUT2D eigenvalue weighted by molar-refractivity contribution is 0.0952. The third-order valence-corrected chi connectivity index (χ3v) is 3.48. The molecule has 106 valence electrons. The summed E-state index contributed by atoms with van der Waals surface area (Å²) in [7, 11) is -3.08. The Morgan fingerprint density at radius 1 is 1.32 bits per heavy atom. The number of benzene rings is 1. The molecule has 4 nitrogen and oxygen atoms in total. The molecule has 0 spiro atoms. The molecule has 1 N–H and O–H groups in total. The van der Waals surface area contributed by atoms with Gasteiger partial charge >= 0.3 is 0 Å². The molecule has 1 amide bonds. The maximum absolute atomic E-state index is 11.9. The van der Waals surface area contributed by atoms with Crippen LogP contribution >= 0.6 is 0 Å². The maximum Gasteiger partial charge on any atom is 0.251 e. The molecule has 0 atom stereocenters. The molecule has 0 bridgehead atoms. The fraction of sp³-hybridized carbons (Fsp3) is 0.500. The van der Waals surface area contributed by atoms with E-state index < -0.39 is 9.84 Å². The summed E-state index contributed by atoms with van der Waals surface area (Å²) in [4.78, 5) is 11.9. The van der Waals surface area contributed by atoms with E-state index in [0.717, 1.165) is 6.42 Å². The van der Waals surface area contributed by atoms with Gasteiger partial charge < -0.3 is 5.32 Å². The van der Waals surface area contributed by atoms with Crippen molar-refractivity contribution in [3.8, 4) is 0 Å². The average Bonchev–Trinajstić information content (AvgIpc) is 2.26. The quantitative estimate of drug-likeness (QED) is 0.868. The van der Waals surface area contributed by atoms with Crippen molar-refractivity contribution < 1.29 is 13.2 Å². The van der Waals surface area contributed by atoms with Crippen molar-refractivity contribution in [1.82, 2.24) is 5.32 Å². The highest BCUT2D eigenvalue weighted by molar-refractivity contribution is 7.89. The molecule has 0 saturated carbocycles. The summed E-state index contributed by atoms with van der Waals surface area (Å²) in [6.07, 6.45) is 2.11. The van der Waals surface area contributed by atoms with Crippen molar-refractivity contribution in [2.45, 2.75) is 26.0 Å². The van der Waals surface area contributed by atoms with E-state index in [1.165, 1.54) is 6.26 Å². The van der Waals surface area contributed by atoms with Crippen molar-refractivity contribution in [2.24, 2.45) is 5.92 Å². The highest BCUT2D eigenvalue weighted by Gasteiger charge is 2.09. The average molecular weight is 283 g/mol. The molecule has 0 aromatic heterocycles. The van der Waals surface area contributed by atoms with Crippen LogP contribution in [-0.2, 0) is 15.6 Å². The topological polar surface area (TPSA) is 63.2 Å². The van der Waals surface area contributed by atoms with Crippen molar-refractivity contribution in [2.75, 3.05) is 12.8 Å². The molecule has 0 saturated heterocycles. The van der Waals surface area contributed by atoms with Crippen LogP contribution < -0.4 is 5.32 Å². The van der Waals surface area contributed by atoms with Crippen molar-refractivity contribution >= 4 is 15.7 Å². The van der Waals surface area contributed by atoms with Gasteiger partial charge in [0.1, 0.15) is 0 Å². The zero-order chi connectivity index (χ0) is 14.5. The van der Waals surface area contributed by atoms with Gasteiger partial charge in [-0.25, -0.2) is 8.42 Å². The Morgan fingerprint density at radius 2 is 2.00 bits per heavy atom. The normalized spacial score (nSPS) is 11.6. The molecule has 0 heterocycles. The monoisotopic (exact) mass is 283 g/mol. The van der Waals surface area contributed by atoms with Crippen LogP contribution in [0.15, 0.2) is 24.3 Å². The molecule has 0 fully saturated rings. The Bertz CT molecular complexity index is 535. The number of hydrogen-bond acceptors (Lipinski definition) is 3. The van der Waals surface area contributed by atoms with Crippen LogP contribution in [0.25, 0.3) is 0 Å². The van der Waals surface area contributed by atoms with E-state index >= 15 is 0 Å². The van der Waals surface area contributed by atoms with Gasteiger partial charge in [-0.15, -0.1) is 0 Å². The number of carbonyl (C=O) groups is 1. The molecule has 0 aliphatic carbocycles. The minimum atomic E-state index is -3.08. The van der Waals surface area contributed by atoms with E-state index in [-0.39, 0.29) is 11.7 Å². The van der Waals surface area contributed by atoms with Gasteiger partial charge in [0.2, 0.25) is 0 Å². The largest absolute Gasteiger partial charge is 0.352 e. The van der Waals surface area contributed by atoms with Crippen LogP contribution in [0.2, 0.25) is 0 Å². The first-order valence-electron chi connectivity index (χ1n) is 6.33.